The number of amides is 2. The lowest BCUT2D eigenvalue weighted by atomic mass is 10.1. The summed E-state index contributed by atoms with van der Waals surface area (Å²) in [6.45, 7) is 0.507. The predicted molar refractivity (Wildman–Crippen MR) is 124 cm³/mol. The zero-order valence-corrected chi connectivity index (χ0v) is 19.2. The average molecular weight is 475 g/mol. The Balaban J connectivity index is 1.46. The van der Waals surface area contributed by atoms with Crippen molar-refractivity contribution in [3.8, 4) is 5.75 Å². The quantitative estimate of drug-likeness (QED) is 0.521. The Bertz CT molecular complexity index is 1120. The molecule has 10 heteroatoms. The molecule has 1 N–H and O–H groups in total. The van der Waals surface area contributed by atoms with E-state index in [-0.39, 0.29) is 17.7 Å². The second-order valence-electron chi connectivity index (χ2n) is 6.85. The van der Waals surface area contributed by atoms with E-state index in [1.165, 1.54) is 18.4 Å². The molecule has 2 heterocycles. The van der Waals surface area contributed by atoms with Crippen LogP contribution in [0.25, 0.3) is 0 Å². The lowest BCUT2D eigenvalue weighted by Crippen LogP contribution is -2.24. The van der Waals surface area contributed by atoms with E-state index in [9.17, 15) is 9.59 Å². The molecule has 1 aliphatic rings. The number of nitrogens with one attached hydrogen (secondary N) is 1. The van der Waals surface area contributed by atoms with Crippen molar-refractivity contribution in [1.82, 2.24) is 10.2 Å². The Labute approximate surface area is 192 Å². The Morgan fingerprint density at radius 3 is 2.74 bits per heavy atom. The maximum Gasteiger partial charge on any atom is 0.261 e. The Morgan fingerprint density at radius 2 is 2.03 bits per heavy atom. The highest BCUT2D eigenvalue weighted by Crippen LogP contribution is 2.35. The number of carbonyl (C=O) groups is 2. The third-order valence-electron chi connectivity index (χ3n) is 4.93. The van der Waals surface area contributed by atoms with Crippen molar-refractivity contribution in [3.63, 3.8) is 0 Å². The largest absolute Gasteiger partial charge is 0.496 e. The van der Waals surface area contributed by atoms with Crippen molar-refractivity contribution < 1.29 is 14.3 Å². The summed E-state index contributed by atoms with van der Waals surface area (Å²) in [5.41, 5.74) is 1.22. The molecule has 0 radical (unpaired) electrons. The zero-order valence-electron chi connectivity index (χ0n) is 16.8. The van der Waals surface area contributed by atoms with E-state index in [4.69, 9.17) is 16.3 Å². The minimum Gasteiger partial charge on any atom is -0.496 e. The molecule has 1 fully saturated rings. The lowest BCUT2D eigenvalue weighted by Gasteiger charge is -2.16. The third-order valence-corrected chi connectivity index (χ3v) is 6.91. The number of rotatable bonds is 6. The molecule has 0 bridgehead atoms. The first-order chi connectivity index (χ1) is 15.0. The number of benzene rings is 2. The molecule has 160 valence electrons. The molecule has 1 aromatic heterocycles. The van der Waals surface area contributed by atoms with E-state index < -0.39 is 0 Å². The van der Waals surface area contributed by atoms with Crippen molar-refractivity contribution in [1.29, 1.82) is 0 Å². The van der Waals surface area contributed by atoms with Crippen LogP contribution in [0.1, 0.15) is 27.7 Å². The summed E-state index contributed by atoms with van der Waals surface area (Å²) in [5, 5.41) is 12.8. The molecular formula is C21H19ClN4O3S2. The molecule has 0 aliphatic carbocycles. The van der Waals surface area contributed by atoms with Gasteiger partial charge in [0.15, 0.2) is 0 Å². The summed E-state index contributed by atoms with van der Waals surface area (Å²) in [5.74, 6) is 0.111. The van der Waals surface area contributed by atoms with Crippen molar-refractivity contribution in [2.24, 2.45) is 0 Å². The third kappa shape index (κ3) is 4.68. The molecule has 1 unspecified atom stereocenters. The van der Waals surface area contributed by atoms with E-state index in [0.29, 0.717) is 39.4 Å². The maximum absolute atomic E-state index is 12.7. The summed E-state index contributed by atoms with van der Waals surface area (Å²) < 4.78 is 5.35. The predicted octanol–water partition coefficient (Wildman–Crippen LogP) is 4.69. The molecule has 3 aromatic rings. The fraction of sp³-hybridized carbons (Fsp3) is 0.238. The van der Waals surface area contributed by atoms with Crippen LogP contribution in [0.5, 0.6) is 5.75 Å². The van der Waals surface area contributed by atoms with Gasteiger partial charge in [-0.1, -0.05) is 22.9 Å². The van der Waals surface area contributed by atoms with Crippen LogP contribution in [0.3, 0.4) is 0 Å². The van der Waals surface area contributed by atoms with Gasteiger partial charge in [0.25, 0.3) is 5.91 Å². The van der Waals surface area contributed by atoms with Gasteiger partial charge in [-0.3, -0.25) is 14.9 Å². The van der Waals surface area contributed by atoms with Gasteiger partial charge in [-0.05, 0) is 48.7 Å². The van der Waals surface area contributed by atoms with Gasteiger partial charge in [0.05, 0.1) is 12.7 Å². The molecule has 0 saturated carbocycles. The van der Waals surface area contributed by atoms with Crippen LogP contribution in [-0.4, -0.2) is 41.9 Å². The van der Waals surface area contributed by atoms with Crippen LogP contribution in [0.15, 0.2) is 47.4 Å². The number of methoxy groups -OCH3 is 1. The molecule has 2 amide bonds. The summed E-state index contributed by atoms with van der Waals surface area (Å²) in [6, 6.07) is 12.6. The highest BCUT2D eigenvalue weighted by atomic mass is 35.5. The number of ether oxygens (including phenoxy) is 1. The van der Waals surface area contributed by atoms with Crippen LogP contribution >= 0.6 is 34.7 Å². The molecule has 31 heavy (non-hydrogen) atoms. The Hall–Kier alpha value is -2.62. The van der Waals surface area contributed by atoms with Gasteiger partial charge < -0.3 is 9.64 Å². The fourth-order valence-corrected chi connectivity index (χ4v) is 4.73. The molecule has 7 nitrogen and oxygen atoms in total. The minimum atomic E-state index is -0.322. The number of anilines is 2. The fourth-order valence-electron chi connectivity index (χ4n) is 3.34. The Morgan fingerprint density at radius 1 is 1.26 bits per heavy atom. The normalized spacial score (nSPS) is 15.9. The van der Waals surface area contributed by atoms with Crippen molar-refractivity contribution in [2.75, 3.05) is 30.1 Å². The van der Waals surface area contributed by atoms with Gasteiger partial charge in [0.2, 0.25) is 11.0 Å². The van der Waals surface area contributed by atoms with Crippen LogP contribution in [-0.2, 0) is 4.79 Å². The van der Waals surface area contributed by atoms with Crippen LogP contribution < -0.4 is 15.0 Å². The lowest BCUT2D eigenvalue weighted by molar-refractivity contribution is -0.117. The molecule has 1 saturated heterocycles. The smallest absolute Gasteiger partial charge is 0.261 e. The Kier molecular flexibility index (Phi) is 6.45. The average Bonchev–Trinajstić information content (AvgIpc) is 3.40. The first kappa shape index (κ1) is 21.6. The zero-order chi connectivity index (χ0) is 22.0. The number of thioether (sulfide) groups is 1. The standard InChI is InChI=1S/C21H19ClN4O3S2/c1-29-17-10-15(30-2)7-8-16(17)19(28)23-21-25-24-20(31-21)12-9-18(27)26(11-12)14-5-3-13(22)4-6-14/h3-8,10,12H,9,11H2,1-2H3,(H,23,25,28). The van der Waals surface area contributed by atoms with E-state index in [1.807, 2.05) is 30.5 Å². The summed E-state index contributed by atoms with van der Waals surface area (Å²) in [7, 11) is 1.53. The van der Waals surface area contributed by atoms with Gasteiger partial charge in [-0.2, -0.15) is 0 Å². The number of hydrogen-bond donors (Lipinski definition) is 1. The van der Waals surface area contributed by atoms with Gasteiger partial charge in [-0.25, -0.2) is 0 Å². The molecule has 1 aliphatic heterocycles. The SMILES string of the molecule is COc1cc(SC)ccc1C(=O)Nc1nnc(C2CC(=O)N(c3ccc(Cl)cc3)C2)s1. The number of hydrogen-bond acceptors (Lipinski definition) is 7. The summed E-state index contributed by atoms with van der Waals surface area (Å²) in [4.78, 5) is 27.9. The molecule has 1 atom stereocenters. The monoisotopic (exact) mass is 474 g/mol. The highest BCUT2D eigenvalue weighted by molar-refractivity contribution is 7.98. The molecular weight excluding hydrogens is 456 g/mol. The van der Waals surface area contributed by atoms with Crippen LogP contribution in [0.2, 0.25) is 5.02 Å². The topological polar surface area (TPSA) is 84.4 Å². The first-order valence-electron chi connectivity index (χ1n) is 9.41. The maximum atomic E-state index is 12.7. The number of aromatic nitrogens is 2. The molecule has 0 spiro atoms. The highest BCUT2D eigenvalue weighted by Gasteiger charge is 2.34. The molecule has 2 aromatic carbocycles. The van der Waals surface area contributed by atoms with Gasteiger partial charge in [0.1, 0.15) is 10.8 Å². The van der Waals surface area contributed by atoms with Crippen molar-refractivity contribution in [2.45, 2.75) is 17.2 Å². The van der Waals surface area contributed by atoms with Gasteiger partial charge in [-0.15, -0.1) is 22.0 Å². The van der Waals surface area contributed by atoms with Crippen molar-refractivity contribution >= 4 is 57.3 Å². The van der Waals surface area contributed by atoms with Crippen molar-refractivity contribution in [3.05, 3.63) is 58.1 Å². The van der Waals surface area contributed by atoms with E-state index in [1.54, 1.807) is 34.9 Å². The van der Waals surface area contributed by atoms with E-state index in [0.717, 1.165) is 10.6 Å². The van der Waals surface area contributed by atoms with E-state index in [2.05, 4.69) is 15.5 Å². The van der Waals surface area contributed by atoms with Crippen LogP contribution in [0, 0.1) is 0 Å². The van der Waals surface area contributed by atoms with Gasteiger partial charge >= 0.3 is 0 Å². The summed E-state index contributed by atoms with van der Waals surface area (Å²) >= 11 is 8.78. The number of nitrogens with zero attached hydrogens (tertiary/aromatic N) is 3. The second-order valence-corrected chi connectivity index (χ2v) is 9.17. The minimum absolute atomic E-state index is 0.0201. The second kappa shape index (κ2) is 9.25. The summed E-state index contributed by atoms with van der Waals surface area (Å²) in [6.07, 6.45) is 2.30. The van der Waals surface area contributed by atoms with Gasteiger partial charge in [0, 0.05) is 34.5 Å². The first-order valence-corrected chi connectivity index (χ1v) is 11.8. The number of halogens is 1. The molecule has 4 rings (SSSR count). The number of carbonyl (C=O) groups excluding carboxylic acids is 2. The van der Waals surface area contributed by atoms with E-state index >= 15 is 0 Å². The van der Waals surface area contributed by atoms with Crippen LogP contribution in [0.4, 0.5) is 10.8 Å².